The van der Waals surface area contributed by atoms with Crippen LogP contribution in [0.4, 0.5) is 0 Å². The Morgan fingerprint density at radius 1 is 1.40 bits per heavy atom. The molecule has 15 heavy (non-hydrogen) atoms. The van der Waals surface area contributed by atoms with Gasteiger partial charge in [0, 0.05) is 6.21 Å². The highest BCUT2D eigenvalue weighted by Gasteiger charge is 2.31. The summed E-state index contributed by atoms with van der Waals surface area (Å²) in [7, 11) is 0. The molecular formula is C7H14ClN3O4. The van der Waals surface area contributed by atoms with Crippen molar-refractivity contribution in [1.29, 1.82) is 0 Å². The molecule has 0 bridgehead atoms. The van der Waals surface area contributed by atoms with E-state index in [1.165, 1.54) is 6.21 Å². The zero-order valence-electron chi connectivity index (χ0n) is 7.76. The summed E-state index contributed by atoms with van der Waals surface area (Å²) in [6, 6.07) is -0.772. The Bertz CT molecular complexity index is 261. The fourth-order valence-corrected chi connectivity index (χ4v) is 1.07. The molecule has 88 valence electrons. The van der Waals surface area contributed by atoms with Crippen LogP contribution in [-0.2, 0) is 0 Å². The molecule has 1 aliphatic heterocycles. The van der Waals surface area contributed by atoms with Crippen LogP contribution in [0.3, 0.4) is 0 Å². The maximum Gasteiger partial charge on any atom is 0.215 e. The van der Waals surface area contributed by atoms with E-state index in [1.807, 2.05) is 0 Å². The van der Waals surface area contributed by atoms with Gasteiger partial charge in [0.2, 0.25) is 5.96 Å². The molecule has 4 unspecified atom stereocenters. The minimum Gasteiger partial charge on any atom is -0.394 e. The molecule has 0 saturated carbocycles. The molecule has 0 radical (unpaired) electrons. The number of rotatable bonds is 4. The summed E-state index contributed by atoms with van der Waals surface area (Å²) < 4.78 is 0. The fourth-order valence-electron chi connectivity index (χ4n) is 1.07. The molecule has 0 fully saturated rings. The smallest absolute Gasteiger partial charge is 0.215 e. The number of hydrogen-bond donors (Lipinski definition) is 5. The summed E-state index contributed by atoms with van der Waals surface area (Å²) >= 11 is 0. The van der Waals surface area contributed by atoms with Crippen molar-refractivity contribution in [1.82, 2.24) is 0 Å². The van der Waals surface area contributed by atoms with Gasteiger partial charge in [0.25, 0.3) is 0 Å². The maximum absolute atomic E-state index is 9.46. The van der Waals surface area contributed by atoms with Crippen LogP contribution >= 0.6 is 12.4 Å². The lowest BCUT2D eigenvalue weighted by Gasteiger charge is -2.22. The van der Waals surface area contributed by atoms with Gasteiger partial charge in [0.05, 0.1) is 6.61 Å². The Kier molecular flexibility index (Phi) is 5.69. The molecule has 0 aliphatic carbocycles. The van der Waals surface area contributed by atoms with Crippen LogP contribution in [0.25, 0.3) is 0 Å². The Balaban J connectivity index is 0.00000196. The van der Waals surface area contributed by atoms with Gasteiger partial charge in [0.1, 0.15) is 24.4 Å². The van der Waals surface area contributed by atoms with E-state index in [0.717, 1.165) is 0 Å². The van der Waals surface area contributed by atoms with Crippen LogP contribution in [0.1, 0.15) is 0 Å². The summed E-state index contributed by atoms with van der Waals surface area (Å²) in [6.07, 6.45) is -2.95. The minimum atomic E-state index is -1.48. The number of aliphatic hydroxyl groups excluding tert-OH is 4. The predicted octanol–water partition coefficient (Wildman–Crippen LogP) is -2.75. The second kappa shape index (κ2) is 5.99. The highest BCUT2D eigenvalue weighted by atomic mass is 35.5. The second-order valence-electron chi connectivity index (χ2n) is 2.99. The molecular weight excluding hydrogens is 226 g/mol. The van der Waals surface area contributed by atoms with E-state index >= 15 is 0 Å². The first kappa shape index (κ1) is 14.3. The minimum absolute atomic E-state index is 0. The van der Waals surface area contributed by atoms with Crippen molar-refractivity contribution in [3.63, 3.8) is 0 Å². The molecule has 0 spiro atoms. The first-order valence-corrected chi connectivity index (χ1v) is 4.08. The average Bonchev–Trinajstić information content (AvgIpc) is 2.61. The summed E-state index contributed by atoms with van der Waals surface area (Å²) in [4.78, 5) is 7.29. The molecule has 0 aromatic carbocycles. The number of aliphatic hydroxyl groups is 4. The van der Waals surface area contributed by atoms with Gasteiger partial charge >= 0.3 is 0 Å². The van der Waals surface area contributed by atoms with E-state index in [2.05, 4.69) is 9.98 Å². The monoisotopic (exact) mass is 239 g/mol. The zero-order chi connectivity index (χ0) is 10.7. The third-order valence-electron chi connectivity index (χ3n) is 1.92. The predicted molar refractivity (Wildman–Crippen MR) is 56.3 cm³/mol. The van der Waals surface area contributed by atoms with E-state index in [4.69, 9.17) is 15.9 Å². The highest BCUT2D eigenvalue weighted by Crippen LogP contribution is 2.09. The first-order chi connectivity index (χ1) is 6.56. The zero-order valence-corrected chi connectivity index (χ0v) is 8.58. The van der Waals surface area contributed by atoms with Crippen molar-refractivity contribution in [2.45, 2.75) is 24.4 Å². The van der Waals surface area contributed by atoms with Gasteiger partial charge in [-0.25, -0.2) is 9.98 Å². The van der Waals surface area contributed by atoms with Gasteiger partial charge < -0.3 is 26.2 Å². The van der Waals surface area contributed by atoms with Crippen molar-refractivity contribution >= 4 is 24.6 Å². The van der Waals surface area contributed by atoms with Crippen LogP contribution in [-0.4, -0.2) is 63.6 Å². The lowest BCUT2D eigenvalue weighted by molar-refractivity contribution is -0.0767. The van der Waals surface area contributed by atoms with E-state index in [0.29, 0.717) is 0 Å². The van der Waals surface area contributed by atoms with Gasteiger partial charge in [-0.05, 0) is 0 Å². The summed E-state index contributed by atoms with van der Waals surface area (Å²) in [5.74, 6) is 0.0136. The quantitative estimate of drug-likeness (QED) is 0.363. The average molecular weight is 240 g/mol. The Hall–Kier alpha value is -0.730. The topological polar surface area (TPSA) is 132 Å². The van der Waals surface area contributed by atoms with Crippen LogP contribution < -0.4 is 5.73 Å². The third-order valence-corrected chi connectivity index (χ3v) is 1.92. The normalized spacial score (nSPS) is 25.3. The van der Waals surface area contributed by atoms with Gasteiger partial charge in [-0.3, -0.25) is 0 Å². The van der Waals surface area contributed by atoms with Gasteiger partial charge in [-0.15, -0.1) is 12.4 Å². The number of aliphatic imine (C=N–C) groups is 2. The number of guanidine groups is 1. The molecule has 1 heterocycles. The number of hydrogen-bond acceptors (Lipinski definition) is 7. The van der Waals surface area contributed by atoms with E-state index < -0.39 is 31.0 Å². The second-order valence-corrected chi connectivity index (χ2v) is 2.99. The highest BCUT2D eigenvalue weighted by molar-refractivity contribution is 5.93. The fraction of sp³-hybridized carbons (Fsp3) is 0.714. The maximum atomic E-state index is 9.46. The molecule has 1 aliphatic rings. The van der Waals surface area contributed by atoms with Crippen molar-refractivity contribution in [2.24, 2.45) is 15.7 Å². The SMILES string of the molecule is Cl.NC1=NC(C(O)C(O)C(O)CO)C=N1. The Labute approximate surface area is 92.4 Å². The molecule has 7 nitrogen and oxygen atoms in total. The van der Waals surface area contributed by atoms with Crippen LogP contribution in [0.15, 0.2) is 9.98 Å². The van der Waals surface area contributed by atoms with Gasteiger partial charge in [-0.1, -0.05) is 0 Å². The summed E-state index contributed by atoms with van der Waals surface area (Å²) in [6.45, 7) is -0.638. The van der Waals surface area contributed by atoms with E-state index in [9.17, 15) is 10.2 Å². The molecule has 1 rings (SSSR count). The van der Waals surface area contributed by atoms with E-state index in [-0.39, 0.29) is 18.4 Å². The van der Waals surface area contributed by atoms with Crippen LogP contribution in [0.2, 0.25) is 0 Å². The van der Waals surface area contributed by atoms with Crippen LogP contribution in [0.5, 0.6) is 0 Å². The lowest BCUT2D eigenvalue weighted by Crippen LogP contribution is -2.45. The van der Waals surface area contributed by atoms with Gasteiger partial charge in [0.15, 0.2) is 0 Å². The third kappa shape index (κ3) is 3.40. The van der Waals surface area contributed by atoms with Crippen molar-refractivity contribution in [2.75, 3.05) is 6.61 Å². The molecule has 8 heteroatoms. The van der Waals surface area contributed by atoms with E-state index in [1.54, 1.807) is 0 Å². The molecule has 0 amide bonds. The lowest BCUT2D eigenvalue weighted by atomic mass is 10.0. The Morgan fingerprint density at radius 2 is 2.00 bits per heavy atom. The molecule has 4 atom stereocenters. The molecule has 0 saturated heterocycles. The molecule has 0 aromatic rings. The standard InChI is InChI=1S/C7H13N3O4.ClH/c8-7-9-1-3(10-7)5(13)6(14)4(12)2-11;/h1,3-6,11-14H,2H2,(H2,8,10);1H. The van der Waals surface area contributed by atoms with Crippen molar-refractivity contribution in [3.05, 3.63) is 0 Å². The number of halogens is 1. The van der Waals surface area contributed by atoms with Crippen LogP contribution in [0, 0.1) is 0 Å². The Morgan fingerprint density at radius 3 is 2.40 bits per heavy atom. The first-order valence-electron chi connectivity index (χ1n) is 4.08. The van der Waals surface area contributed by atoms with Crippen molar-refractivity contribution in [3.8, 4) is 0 Å². The number of nitrogens with two attached hydrogens (primary N) is 1. The number of nitrogens with zero attached hydrogens (tertiary/aromatic N) is 2. The largest absolute Gasteiger partial charge is 0.394 e. The molecule has 6 N–H and O–H groups in total. The van der Waals surface area contributed by atoms with Gasteiger partial charge in [-0.2, -0.15) is 0 Å². The molecule has 0 aromatic heterocycles. The summed E-state index contributed by atoms with van der Waals surface area (Å²) in [5, 5.41) is 36.3. The summed E-state index contributed by atoms with van der Waals surface area (Å²) in [5.41, 5.74) is 5.22. The van der Waals surface area contributed by atoms with Crippen molar-refractivity contribution < 1.29 is 20.4 Å².